The van der Waals surface area contributed by atoms with Gasteiger partial charge < -0.3 is 24.1 Å². The lowest BCUT2D eigenvalue weighted by atomic mass is 9.92. The molecule has 1 saturated heterocycles. The molecule has 1 fully saturated rings. The van der Waals surface area contributed by atoms with Crippen molar-refractivity contribution in [2.24, 2.45) is 5.92 Å². The fourth-order valence-corrected chi connectivity index (χ4v) is 3.18. The number of carbonyl (C=O) groups is 1. The van der Waals surface area contributed by atoms with Gasteiger partial charge in [0.2, 0.25) is 6.79 Å². The molecular formula is C20H18O6. The first-order valence-corrected chi connectivity index (χ1v) is 8.28. The zero-order chi connectivity index (χ0) is 18.1. The molecule has 2 aliphatic rings. The number of carbonyl (C=O) groups excluding carboxylic acids is 1. The van der Waals surface area contributed by atoms with Crippen molar-refractivity contribution in [3.8, 4) is 23.0 Å². The van der Waals surface area contributed by atoms with Crippen LogP contribution in [0.1, 0.15) is 11.1 Å². The van der Waals surface area contributed by atoms with E-state index < -0.39 is 0 Å². The molecule has 4 rings (SSSR count). The van der Waals surface area contributed by atoms with E-state index in [0.717, 1.165) is 11.1 Å². The lowest BCUT2D eigenvalue weighted by molar-refractivity contribution is -0.135. The Morgan fingerprint density at radius 2 is 2.00 bits per heavy atom. The molecule has 134 valence electrons. The van der Waals surface area contributed by atoms with Crippen molar-refractivity contribution in [2.75, 3.05) is 20.5 Å². The summed E-state index contributed by atoms with van der Waals surface area (Å²) in [6, 6.07) is 10.7. The summed E-state index contributed by atoms with van der Waals surface area (Å²) in [5.41, 5.74) is 2.44. The summed E-state index contributed by atoms with van der Waals surface area (Å²) < 4.78 is 21.1. The van der Waals surface area contributed by atoms with Crippen LogP contribution in [0.4, 0.5) is 0 Å². The minimum atomic E-state index is -0.307. The first kappa shape index (κ1) is 16.3. The molecule has 0 saturated carbocycles. The van der Waals surface area contributed by atoms with E-state index in [9.17, 15) is 9.90 Å². The van der Waals surface area contributed by atoms with Gasteiger partial charge in [0, 0.05) is 11.5 Å². The van der Waals surface area contributed by atoms with Gasteiger partial charge in [-0.25, -0.2) is 4.79 Å². The molecule has 0 aliphatic carbocycles. The molecule has 0 amide bonds. The molecule has 0 bridgehead atoms. The SMILES string of the molecule is COc1cc(CC2COC(=O)C2=Cc2ccc3c(c2)OCO3)ccc1O. The third-order valence-electron chi connectivity index (χ3n) is 4.54. The number of hydrogen-bond acceptors (Lipinski definition) is 6. The summed E-state index contributed by atoms with van der Waals surface area (Å²) >= 11 is 0. The highest BCUT2D eigenvalue weighted by atomic mass is 16.7. The molecule has 2 aromatic rings. The van der Waals surface area contributed by atoms with Crippen molar-refractivity contribution in [1.82, 2.24) is 0 Å². The van der Waals surface area contributed by atoms with Crippen molar-refractivity contribution in [3.63, 3.8) is 0 Å². The minimum absolute atomic E-state index is 0.0674. The van der Waals surface area contributed by atoms with E-state index in [1.807, 2.05) is 30.3 Å². The second-order valence-electron chi connectivity index (χ2n) is 6.22. The van der Waals surface area contributed by atoms with Crippen molar-refractivity contribution in [2.45, 2.75) is 6.42 Å². The summed E-state index contributed by atoms with van der Waals surface area (Å²) in [5.74, 6) is 1.50. The third kappa shape index (κ3) is 3.06. The number of fused-ring (bicyclic) bond motifs is 1. The van der Waals surface area contributed by atoms with E-state index >= 15 is 0 Å². The quantitative estimate of drug-likeness (QED) is 0.672. The lowest BCUT2D eigenvalue weighted by Gasteiger charge is -2.11. The van der Waals surface area contributed by atoms with Gasteiger partial charge in [0.25, 0.3) is 0 Å². The number of esters is 1. The minimum Gasteiger partial charge on any atom is -0.504 e. The highest BCUT2D eigenvalue weighted by Crippen LogP contribution is 2.35. The Bertz CT molecular complexity index is 886. The summed E-state index contributed by atoms with van der Waals surface area (Å²) in [6.07, 6.45) is 2.44. The maximum absolute atomic E-state index is 12.2. The van der Waals surface area contributed by atoms with E-state index in [4.69, 9.17) is 18.9 Å². The van der Waals surface area contributed by atoms with Crippen LogP contribution in [0.15, 0.2) is 42.0 Å². The standard InChI is InChI=1S/C20H18O6/c1-23-18-8-12(2-4-16(18)21)6-14-10-24-20(22)15(14)7-13-3-5-17-19(9-13)26-11-25-17/h2-5,7-9,14,21H,6,10-11H2,1H3. The second-order valence-corrected chi connectivity index (χ2v) is 6.22. The molecule has 2 heterocycles. The van der Waals surface area contributed by atoms with Gasteiger partial charge in [-0.2, -0.15) is 0 Å². The normalized spacial score (nSPS) is 19.7. The Morgan fingerprint density at radius 3 is 2.85 bits per heavy atom. The zero-order valence-electron chi connectivity index (χ0n) is 14.2. The van der Waals surface area contributed by atoms with Crippen LogP contribution in [0.3, 0.4) is 0 Å². The van der Waals surface area contributed by atoms with Crippen molar-refractivity contribution in [3.05, 3.63) is 53.1 Å². The molecule has 6 nitrogen and oxygen atoms in total. The van der Waals surface area contributed by atoms with Crippen molar-refractivity contribution in [1.29, 1.82) is 0 Å². The Morgan fingerprint density at radius 1 is 1.15 bits per heavy atom. The number of cyclic esters (lactones) is 1. The van der Waals surface area contributed by atoms with Gasteiger partial charge in [0.15, 0.2) is 23.0 Å². The van der Waals surface area contributed by atoms with Crippen LogP contribution in [0.5, 0.6) is 23.0 Å². The largest absolute Gasteiger partial charge is 0.504 e. The van der Waals surface area contributed by atoms with Gasteiger partial charge in [-0.15, -0.1) is 0 Å². The van der Waals surface area contributed by atoms with Crippen LogP contribution < -0.4 is 14.2 Å². The molecule has 6 heteroatoms. The Kier molecular flexibility index (Phi) is 4.16. The number of phenolic OH excluding ortho intramolecular Hbond substituents is 1. The molecule has 1 atom stereocenters. The van der Waals surface area contributed by atoms with Gasteiger partial charge in [0.05, 0.1) is 13.7 Å². The number of aromatic hydroxyl groups is 1. The van der Waals surface area contributed by atoms with Crippen LogP contribution in [0.25, 0.3) is 6.08 Å². The Labute approximate surface area is 150 Å². The molecule has 0 radical (unpaired) electrons. The monoisotopic (exact) mass is 354 g/mol. The maximum Gasteiger partial charge on any atom is 0.334 e. The van der Waals surface area contributed by atoms with Gasteiger partial charge in [-0.3, -0.25) is 0 Å². The zero-order valence-corrected chi connectivity index (χ0v) is 14.2. The molecule has 26 heavy (non-hydrogen) atoms. The maximum atomic E-state index is 12.2. The number of benzene rings is 2. The highest BCUT2D eigenvalue weighted by Gasteiger charge is 2.31. The average Bonchev–Trinajstić information content (AvgIpc) is 3.24. The van der Waals surface area contributed by atoms with Crippen LogP contribution in [-0.2, 0) is 16.0 Å². The topological polar surface area (TPSA) is 74.2 Å². The predicted molar refractivity (Wildman–Crippen MR) is 93.4 cm³/mol. The predicted octanol–water partition coefficient (Wildman–Crippen LogP) is 2.93. The fourth-order valence-electron chi connectivity index (χ4n) is 3.18. The van der Waals surface area contributed by atoms with Crippen LogP contribution >= 0.6 is 0 Å². The molecule has 0 spiro atoms. The molecule has 1 unspecified atom stereocenters. The molecule has 1 N–H and O–H groups in total. The summed E-state index contributed by atoms with van der Waals surface area (Å²) in [7, 11) is 1.51. The number of methoxy groups -OCH3 is 1. The number of rotatable bonds is 4. The van der Waals surface area contributed by atoms with E-state index in [0.29, 0.717) is 35.8 Å². The second kappa shape index (κ2) is 6.63. The van der Waals surface area contributed by atoms with E-state index in [2.05, 4.69) is 0 Å². The number of phenols is 1. The van der Waals surface area contributed by atoms with Crippen LogP contribution in [0, 0.1) is 5.92 Å². The molecular weight excluding hydrogens is 336 g/mol. The van der Waals surface area contributed by atoms with E-state index in [-0.39, 0.29) is 24.4 Å². The number of ether oxygens (including phenoxy) is 4. The van der Waals surface area contributed by atoms with E-state index in [1.54, 1.807) is 12.1 Å². The van der Waals surface area contributed by atoms with Gasteiger partial charge >= 0.3 is 5.97 Å². The fraction of sp³-hybridized carbons (Fsp3) is 0.250. The smallest absolute Gasteiger partial charge is 0.334 e. The lowest BCUT2D eigenvalue weighted by Crippen LogP contribution is -2.07. The number of hydrogen-bond donors (Lipinski definition) is 1. The Balaban J connectivity index is 1.59. The molecule has 2 aromatic carbocycles. The van der Waals surface area contributed by atoms with Crippen LogP contribution in [0.2, 0.25) is 0 Å². The van der Waals surface area contributed by atoms with Crippen molar-refractivity contribution < 1.29 is 28.8 Å². The van der Waals surface area contributed by atoms with Gasteiger partial charge in [-0.05, 0) is 47.9 Å². The van der Waals surface area contributed by atoms with Crippen molar-refractivity contribution >= 4 is 12.0 Å². The molecule has 0 aromatic heterocycles. The summed E-state index contributed by atoms with van der Waals surface area (Å²) in [6.45, 7) is 0.543. The third-order valence-corrected chi connectivity index (χ3v) is 4.54. The highest BCUT2D eigenvalue weighted by molar-refractivity contribution is 5.96. The molecule has 2 aliphatic heterocycles. The first-order chi connectivity index (χ1) is 12.6. The van der Waals surface area contributed by atoms with Gasteiger partial charge in [-0.1, -0.05) is 12.1 Å². The summed E-state index contributed by atoms with van der Waals surface area (Å²) in [4.78, 5) is 12.2. The van der Waals surface area contributed by atoms with E-state index in [1.165, 1.54) is 7.11 Å². The van der Waals surface area contributed by atoms with Crippen LogP contribution in [-0.4, -0.2) is 31.6 Å². The first-order valence-electron chi connectivity index (χ1n) is 8.28. The average molecular weight is 354 g/mol. The summed E-state index contributed by atoms with van der Waals surface area (Å²) in [5, 5.41) is 9.72. The Hall–Kier alpha value is -3.15. The van der Waals surface area contributed by atoms with Gasteiger partial charge in [0.1, 0.15) is 0 Å².